The van der Waals surface area contributed by atoms with Gasteiger partial charge >= 0.3 is 5.91 Å². The Labute approximate surface area is 206 Å². The molecule has 4 rings (SSSR count). The number of hydrogen-bond donors (Lipinski definition) is 1. The molecule has 0 unspecified atom stereocenters. The first-order valence-corrected chi connectivity index (χ1v) is 11.7. The van der Waals surface area contributed by atoms with Crippen LogP contribution >= 0.6 is 0 Å². The van der Waals surface area contributed by atoms with E-state index in [4.69, 9.17) is 9.15 Å². The molecule has 0 radical (unpaired) electrons. The summed E-state index contributed by atoms with van der Waals surface area (Å²) in [5.74, 6) is 1.05. The summed E-state index contributed by atoms with van der Waals surface area (Å²) in [6.45, 7) is 12.8. The third-order valence-electron chi connectivity index (χ3n) is 6.04. The van der Waals surface area contributed by atoms with Crippen molar-refractivity contribution in [3.8, 4) is 11.4 Å². The van der Waals surface area contributed by atoms with Crippen LogP contribution in [0.5, 0.6) is 5.75 Å². The average Bonchev–Trinajstić information content (AvgIpc) is 3.50. The largest absolute Gasteiger partial charge is 0.486 e. The van der Waals surface area contributed by atoms with E-state index in [0.717, 1.165) is 28.4 Å². The van der Waals surface area contributed by atoms with E-state index in [1.807, 2.05) is 31.2 Å². The third-order valence-corrected chi connectivity index (χ3v) is 6.04. The van der Waals surface area contributed by atoms with Crippen LogP contribution in [0.15, 0.2) is 64.1 Å². The Morgan fingerprint density at radius 3 is 2.31 bits per heavy atom. The number of furan rings is 1. The van der Waals surface area contributed by atoms with Crippen LogP contribution in [0, 0.1) is 27.7 Å². The number of aryl methyl sites for hydroxylation is 3. The van der Waals surface area contributed by atoms with Crippen molar-refractivity contribution in [1.82, 2.24) is 14.6 Å². The van der Waals surface area contributed by atoms with Crippen LogP contribution in [0.3, 0.4) is 0 Å². The van der Waals surface area contributed by atoms with E-state index >= 15 is 0 Å². The highest BCUT2D eigenvalue weighted by Gasteiger charge is 2.13. The van der Waals surface area contributed by atoms with E-state index in [2.05, 4.69) is 72.5 Å². The Balaban J connectivity index is 1.32. The number of benzene rings is 1. The Morgan fingerprint density at radius 2 is 1.69 bits per heavy atom. The molecule has 0 aliphatic carbocycles. The van der Waals surface area contributed by atoms with Gasteiger partial charge in [0, 0.05) is 40.1 Å². The number of hydrogen-bond acceptors (Lipinski definition) is 4. The molecule has 0 saturated carbocycles. The Hall–Kier alpha value is -4.00. The van der Waals surface area contributed by atoms with Gasteiger partial charge in [-0.2, -0.15) is 5.10 Å². The maximum Gasteiger partial charge on any atom is 0.307 e. The lowest BCUT2D eigenvalue weighted by Gasteiger charge is -2.13. The standard InChI is InChI=1S/C28H32N4O3/c1-18(2)31-21(5)15-23(22(31)6)16-29-30-28(33)27-14-13-26(35-27)17-34-25-11-9-24(10-12-25)32-19(3)7-8-20(32)4/h7-16,18H,17H2,1-6H3,(H,30,33). The van der Waals surface area contributed by atoms with Crippen LogP contribution in [-0.4, -0.2) is 21.3 Å². The second kappa shape index (κ2) is 10.1. The first kappa shape index (κ1) is 24.1. The predicted molar refractivity (Wildman–Crippen MR) is 138 cm³/mol. The molecule has 7 heteroatoms. The van der Waals surface area contributed by atoms with Crippen molar-refractivity contribution < 1.29 is 13.9 Å². The minimum absolute atomic E-state index is 0.183. The molecule has 0 saturated heterocycles. The molecule has 1 aromatic carbocycles. The molecule has 1 amide bonds. The lowest BCUT2D eigenvalue weighted by Crippen LogP contribution is -2.16. The molecule has 0 atom stereocenters. The van der Waals surface area contributed by atoms with Gasteiger partial charge in [0.05, 0.1) is 6.21 Å². The molecule has 1 N–H and O–H groups in total. The number of nitrogens with zero attached hydrogens (tertiary/aromatic N) is 3. The van der Waals surface area contributed by atoms with Gasteiger partial charge in [0.1, 0.15) is 18.1 Å². The zero-order valence-corrected chi connectivity index (χ0v) is 21.1. The van der Waals surface area contributed by atoms with Gasteiger partial charge in [-0.15, -0.1) is 0 Å². The van der Waals surface area contributed by atoms with E-state index in [-0.39, 0.29) is 12.4 Å². The molecule has 3 heterocycles. The fourth-order valence-corrected chi connectivity index (χ4v) is 4.44. The SMILES string of the molecule is Cc1ccc(C)n1-c1ccc(OCc2ccc(C(=O)NN=Cc3cc(C)n(C(C)C)c3C)o2)cc1. The monoisotopic (exact) mass is 472 g/mol. The maximum atomic E-state index is 12.4. The number of nitrogens with one attached hydrogen (secondary N) is 1. The molecule has 0 aliphatic heterocycles. The Bertz CT molecular complexity index is 1330. The highest BCUT2D eigenvalue weighted by atomic mass is 16.5. The molecule has 0 bridgehead atoms. The minimum Gasteiger partial charge on any atom is -0.486 e. The van der Waals surface area contributed by atoms with Crippen LogP contribution in [0.4, 0.5) is 0 Å². The van der Waals surface area contributed by atoms with E-state index in [9.17, 15) is 4.79 Å². The van der Waals surface area contributed by atoms with Crippen LogP contribution in [0.2, 0.25) is 0 Å². The highest BCUT2D eigenvalue weighted by Crippen LogP contribution is 2.21. The van der Waals surface area contributed by atoms with Gasteiger partial charge in [0.15, 0.2) is 5.76 Å². The quantitative estimate of drug-likeness (QED) is 0.251. The van der Waals surface area contributed by atoms with Crippen molar-refractivity contribution in [3.63, 3.8) is 0 Å². The van der Waals surface area contributed by atoms with Gasteiger partial charge < -0.3 is 18.3 Å². The Kier molecular flexibility index (Phi) is 6.96. The summed E-state index contributed by atoms with van der Waals surface area (Å²) in [7, 11) is 0. The molecule has 35 heavy (non-hydrogen) atoms. The van der Waals surface area contributed by atoms with Gasteiger partial charge in [-0.05, 0) is 96.1 Å². The second-order valence-corrected chi connectivity index (χ2v) is 8.99. The lowest BCUT2D eigenvalue weighted by atomic mass is 10.2. The number of amides is 1. The van der Waals surface area contributed by atoms with Gasteiger partial charge in [-0.1, -0.05) is 0 Å². The van der Waals surface area contributed by atoms with Gasteiger partial charge in [-0.25, -0.2) is 5.43 Å². The number of rotatable bonds is 8. The van der Waals surface area contributed by atoms with Crippen LogP contribution in [0.1, 0.15) is 64.5 Å². The molecular weight excluding hydrogens is 440 g/mol. The summed E-state index contributed by atoms with van der Waals surface area (Å²) in [6.07, 6.45) is 1.66. The van der Waals surface area contributed by atoms with Gasteiger partial charge in [0.25, 0.3) is 0 Å². The number of hydrazone groups is 1. The van der Waals surface area contributed by atoms with Crippen molar-refractivity contribution in [2.45, 2.75) is 54.2 Å². The molecule has 3 aromatic heterocycles. The van der Waals surface area contributed by atoms with Crippen molar-refractivity contribution >= 4 is 12.1 Å². The fraction of sp³-hybridized carbons (Fsp3) is 0.286. The summed E-state index contributed by atoms with van der Waals surface area (Å²) in [5, 5.41) is 4.11. The zero-order chi connectivity index (χ0) is 25.1. The lowest BCUT2D eigenvalue weighted by molar-refractivity contribution is 0.0923. The van der Waals surface area contributed by atoms with E-state index in [1.165, 1.54) is 11.4 Å². The first-order chi connectivity index (χ1) is 16.7. The molecule has 0 aliphatic rings. The molecule has 0 spiro atoms. The molecular formula is C28H32N4O3. The summed E-state index contributed by atoms with van der Waals surface area (Å²) >= 11 is 0. The van der Waals surface area contributed by atoms with Crippen molar-refractivity contribution in [2.75, 3.05) is 0 Å². The molecule has 0 fully saturated rings. The van der Waals surface area contributed by atoms with Crippen LogP contribution < -0.4 is 10.2 Å². The smallest absolute Gasteiger partial charge is 0.307 e. The van der Waals surface area contributed by atoms with Crippen LogP contribution in [-0.2, 0) is 6.61 Å². The van der Waals surface area contributed by atoms with Crippen molar-refractivity contribution in [1.29, 1.82) is 0 Å². The second-order valence-electron chi connectivity index (χ2n) is 8.99. The molecule has 7 nitrogen and oxygen atoms in total. The minimum atomic E-state index is -0.410. The Morgan fingerprint density at radius 1 is 1.00 bits per heavy atom. The summed E-state index contributed by atoms with van der Waals surface area (Å²) in [5.41, 5.74) is 9.22. The summed E-state index contributed by atoms with van der Waals surface area (Å²) in [4.78, 5) is 12.4. The number of carbonyl (C=O) groups is 1. The number of ether oxygens (including phenoxy) is 1. The summed E-state index contributed by atoms with van der Waals surface area (Å²) < 4.78 is 15.9. The van der Waals surface area contributed by atoms with Gasteiger partial charge in [0.2, 0.25) is 0 Å². The predicted octanol–water partition coefficient (Wildman–Crippen LogP) is 6.03. The van der Waals surface area contributed by atoms with E-state index in [0.29, 0.717) is 11.8 Å². The zero-order valence-electron chi connectivity index (χ0n) is 21.1. The highest BCUT2D eigenvalue weighted by molar-refractivity contribution is 5.92. The first-order valence-electron chi connectivity index (χ1n) is 11.7. The number of aromatic nitrogens is 2. The van der Waals surface area contributed by atoms with Crippen molar-refractivity contribution in [3.05, 3.63) is 94.5 Å². The maximum absolute atomic E-state index is 12.4. The van der Waals surface area contributed by atoms with E-state index < -0.39 is 5.91 Å². The topological polar surface area (TPSA) is 73.7 Å². The average molecular weight is 473 g/mol. The van der Waals surface area contributed by atoms with Gasteiger partial charge in [-0.3, -0.25) is 4.79 Å². The van der Waals surface area contributed by atoms with E-state index in [1.54, 1.807) is 18.3 Å². The fourth-order valence-electron chi connectivity index (χ4n) is 4.44. The number of carbonyl (C=O) groups excluding carboxylic acids is 1. The molecule has 4 aromatic rings. The van der Waals surface area contributed by atoms with Crippen molar-refractivity contribution in [2.24, 2.45) is 5.10 Å². The summed E-state index contributed by atoms with van der Waals surface area (Å²) in [6, 6.07) is 17.9. The molecule has 182 valence electrons. The van der Waals surface area contributed by atoms with Crippen LogP contribution in [0.25, 0.3) is 5.69 Å². The normalized spacial score (nSPS) is 11.5. The third kappa shape index (κ3) is 5.24.